The number of nitrogens with one attached hydrogen (secondary N) is 1. The van der Waals surface area contributed by atoms with Crippen LogP contribution in [0.15, 0.2) is 24.3 Å². The topological polar surface area (TPSA) is 32.3 Å². The number of nitrogens with zero attached hydrogens (tertiary/aromatic N) is 1. The molecule has 2 atom stereocenters. The van der Waals surface area contributed by atoms with Crippen LogP contribution in [0.3, 0.4) is 0 Å². The van der Waals surface area contributed by atoms with Gasteiger partial charge in [0.1, 0.15) is 5.82 Å². The molecule has 1 saturated carbocycles. The van der Waals surface area contributed by atoms with E-state index in [1.54, 1.807) is 6.07 Å². The third kappa shape index (κ3) is 2.85. The Hall–Kier alpha value is -1.42. The molecule has 1 saturated heterocycles. The Bertz CT molecular complexity index is 501. The summed E-state index contributed by atoms with van der Waals surface area (Å²) in [5, 5.41) is 3.42. The molecule has 3 nitrogen and oxygen atoms in total. The zero-order valence-electron chi connectivity index (χ0n) is 11.8. The number of rotatable bonds is 4. The van der Waals surface area contributed by atoms with Crippen molar-refractivity contribution in [1.29, 1.82) is 0 Å². The van der Waals surface area contributed by atoms with E-state index in [1.807, 2.05) is 17.9 Å². The van der Waals surface area contributed by atoms with Gasteiger partial charge < -0.3 is 10.2 Å². The van der Waals surface area contributed by atoms with Crippen LogP contribution in [-0.2, 0) is 4.79 Å². The number of likely N-dealkylation sites (tertiary alicyclic amines) is 1. The van der Waals surface area contributed by atoms with Crippen molar-refractivity contribution >= 4 is 5.91 Å². The number of carbonyl (C=O) groups excluding carboxylic acids is 1. The first-order valence-electron chi connectivity index (χ1n) is 7.47. The molecular weight excluding hydrogens is 255 g/mol. The lowest BCUT2D eigenvalue weighted by molar-refractivity contribution is -0.138. The SMILES string of the molecule is CC(c1cccc(F)c1)N1CCCC(NC2CC2)C1=O. The van der Waals surface area contributed by atoms with Gasteiger partial charge in [0.2, 0.25) is 5.91 Å². The van der Waals surface area contributed by atoms with Gasteiger partial charge in [-0.3, -0.25) is 4.79 Å². The molecule has 1 N–H and O–H groups in total. The highest BCUT2D eigenvalue weighted by molar-refractivity contribution is 5.83. The molecule has 2 fully saturated rings. The summed E-state index contributed by atoms with van der Waals surface area (Å²) >= 11 is 0. The van der Waals surface area contributed by atoms with Crippen LogP contribution in [-0.4, -0.2) is 29.4 Å². The van der Waals surface area contributed by atoms with Gasteiger partial charge in [-0.05, 0) is 50.3 Å². The monoisotopic (exact) mass is 276 g/mol. The van der Waals surface area contributed by atoms with E-state index in [0.717, 1.165) is 24.9 Å². The second-order valence-corrected chi connectivity index (χ2v) is 5.90. The molecule has 1 aromatic rings. The van der Waals surface area contributed by atoms with Crippen molar-refractivity contribution in [3.8, 4) is 0 Å². The number of carbonyl (C=O) groups is 1. The lowest BCUT2D eigenvalue weighted by Crippen LogP contribution is -2.51. The van der Waals surface area contributed by atoms with Crippen LogP contribution in [0, 0.1) is 5.82 Å². The Kier molecular flexibility index (Phi) is 3.74. The smallest absolute Gasteiger partial charge is 0.240 e. The molecule has 0 bridgehead atoms. The number of amides is 1. The molecule has 3 rings (SSSR count). The highest BCUT2D eigenvalue weighted by Crippen LogP contribution is 2.27. The van der Waals surface area contributed by atoms with Gasteiger partial charge in [0.25, 0.3) is 0 Å². The van der Waals surface area contributed by atoms with Gasteiger partial charge in [-0.25, -0.2) is 4.39 Å². The zero-order chi connectivity index (χ0) is 14.1. The third-order valence-corrected chi connectivity index (χ3v) is 4.29. The molecule has 20 heavy (non-hydrogen) atoms. The molecule has 0 spiro atoms. The second-order valence-electron chi connectivity index (χ2n) is 5.90. The molecule has 0 radical (unpaired) electrons. The average molecular weight is 276 g/mol. The van der Waals surface area contributed by atoms with Crippen molar-refractivity contribution in [2.75, 3.05) is 6.54 Å². The Morgan fingerprint density at radius 1 is 1.35 bits per heavy atom. The fourth-order valence-corrected chi connectivity index (χ4v) is 2.92. The maximum Gasteiger partial charge on any atom is 0.240 e. The average Bonchev–Trinajstić information content (AvgIpc) is 3.24. The van der Waals surface area contributed by atoms with E-state index in [-0.39, 0.29) is 23.8 Å². The van der Waals surface area contributed by atoms with Crippen LogP contribution in [0.25, 0.3) is 0 Å². The summed E-state index contributed by atoms with van der Waals surface area (Å²) in [6.45, 7) is 2.74. The van der Waals surface area contributed by atoms with Crippen LogP contribution in [0.2, 0.25) is 0 Å². The fraction of sp³-hybridized carbons (Fsp3) is 0.562. The number of piperidine rings is 1. The zero-order valence-corrected chi connectivity index (χ0v) is 11.8. The van der Waals surface area contributed by atoms with Gasteiger partial charge in [0.15, 0.2) is 0 Å². The molecule has 2 aliphatic rings. The quantitative estimate of drug-likeness (QED) is 0.917. The molecule has 2 unspecified atom stereocenters. The number of benzene rings is 1. The molecule has 108 valence electrons. The fourth-order valence-electron chi connectivity index (χ4n) is 2.92. The summed E-state index contributed by atoms with van der Waals surface area (Å²) in [5.41, 5.74) is 0.866. The molecule has 1 heterocycles. The molecule has 1 aromatic carbocycles. The molecule has 1 aliphatic carbocycles. The van der Waals surface area contributed by atoms with Crippen LogP contribution >= 0.6 is 0 Å². The van der Waals surface area contributed by atoms with E-state index in [2.05, 4.69) is 5.32 Å². The minimum Gasteiger partial charge on any atom is -0.335 e. The van der Waals surface area contributed by atoms with Crippen molar-refractivity contribution < 1.29 is 9.18 Å². The largest absolute Gasteiger partial charge is 0.335 e. The maximum absolute atomic E-state index is 13.3. The van der Waals surface area contributed by atoms with Crippen LogP contribution in [0.5, 0.6) is 0 Å². The van der Waals surface area contributed by atoms with Crippen molar-refractivity contribution in [2.24, 2.45) is 0 Å². The van der Waals surface area contributed by atoms with E-state index in [0.29, 0.717) is 6.04 Å². The van der Waals surface area contributed by atoms with E-state index in [1.165, 1.54) is 25.0 Å². The van der Waals surface area contributed by atoms with Gasteiger partial charge in [-0.15, -0.1) is 0 Å². The summed E-state index contributed by atoms with van der Waals surface area (Å²) in [7, 11) is 0. The molecule has 4 heteroatoms. The van der Waals surface area contributed by atoms with Crippen molar-refractivity contribution in [3.63, 3.8) is 0 Å². The van der Waals surface area contributed by atoms with E-state index < -0.39 is 0 Å². The normalized spacial score (nSPS) is 24.8. The first kappa shape index (κ1) is 13.6. The Morgan fingerprint density at radius 3 is 2.85 bits per heavy atom. The predicted octanol–water partition coefficient (Wildman–Crippen LogP) is 2.63. The minimum atomic E-state index is -0.244. The highest BCUT2D eigenvalue weighted by Gasteiger charge is 2.35. The summed E-state index contributed by atoms with van der Waals surface area (Å²) < 4.78 is 13.3. The van der Waals surface area contributed by atoms with Crippen molar-refractivity contribution in [3.05, 3.63) is 35.6 Å². The Balaban J connectivity index is 1.72. The highest BCUT2D eigenvalue weighted by atomic mass is 19.1. The summed E-state index contributed by atoms with van der Waals surface area (Å²) in [6, 6.07) is 6.97. The maximum atomic E-state index is 13.3. The Labute approximate surface area is 119 Å². The molecule has 0 aromatic heterocycles. The summed E-state index contributed by atoms with van der Waals surface area (Å²) in [4.78, 5) is 14.4. The summed E-state index contributed by atoms with van der Waals surface area (Å²) in [5.74, 6) is -0.0774. The predicted molar refractivity (Wildman–Crippen MR) is 75.7 cm³/mol. The van der Waals surface area contributed by atoms with E-state index >= 15 is 0 Å². The lowest BCUT2D eigenvalue weighted by Gasteiger charge is -2.37. The number of hydrogen-bond acceptors (Lipinski definition) is 2. The van der Waals surface area contributed by atoms with Crippen molar-refractivity contribution in [1.82, 2.24) is 10.2 Å². The van der Waals surface area contributed by atoms with Gasteiger partial charge >= 0.3 is 0 Å². The number of hydrogen-bond donors (Lipinski definition) is 1. The molecule has 1 aliphatic heterocycles. The minimum absolute atomic E-state index is 0.0488. The van der Waals surface area contributed by atoms with Gasteiger partial charge in [0, 0.05) is 12.6 Å². The first-order chi connectivity index (χ1) is 9.65. The lowest BCUT2D eigenvalue weighted by atomic mass is 9.99. The van der Waals surface area contributed by atoms with Gasteiger partial charge in [-0.2, -0.15) is 0 Å². The first-order valence-corrected chi connectivity index (χ1v) is 7.47. The van der Waals surface area contributed by atoms with Crippen LogP contribution in [0.1, 0.15) is 44.2 Å². The standard InChI is InChI=1S/C16H21FN2O/c1-11(12-4-2-5-13(17)10-12)19-9-3-6-15(16(19)20)18-14-7-8-14/h2,4-5,10-11,14-15,18H,3,6-9H2,1H3. The Morgan fingerprint density at radius 2 is 2.15 bits per heavy atom. The number of halogens is 1. The van der Waals surface area contributed by atoms with Crippen LogP contribution in [0.4, 0.5) is 4.39 Å². The van der Waals surface area contributed by atoms with Gasteiger partial charge in [0.05, 0.1) is 12.1 Å². The van der Waals surface area contributed by atoms with Gasteiger partial charge in [-0.1, -0.05) is 12.1 Å². The third-order valence-electron chi connectivity index (χ3n) is 4.29. The van der Waals surface area contributed by atoms with E-state index in [4.69, 9.17) is 0 Å². The van der Waals surface area contributed by atoms with Crippen molar-refractivity contribution in [2.45, 2.75) is 50.7 Å². The second kappa shape index (κ2) is 5.52. The molecular formula is C16H21FN2O. The van der Waals surface area contributed by atoms with E-state index in [9.17, 15) is 9.18 Å². The van der Waals surface area contributed by atoms with Crippen LogP contribution < -0.4 is 5.32 Å². The molecule has 1 amide bonds. The summed E-state index contributed by atoms with van der Waals surface area (Å²) in [6.07, 6.45) is 4.30.